The lowest BCUT2D eigenvalue weighted by molar-refractivity contribution is 0.490. The Hall–Kier alpha value is -1.61. The summed E-state index contributed by atoms with van der Waals surface area (Å²) in [6.45, 7) is 10.5. The monoisotopic (exact) mass is 271 g/mol. The highest BCUT2D eigenvalue weighted by Crippen LogP contribution is 2.20. The Balaban J connectivity index is 2.23. The third kappa shape index (κ3) is 3.28. The minimum atomic E-state index is 0.324. The van der Waals surface area contributed by atoms with E-state index in [0.717, 1.165) is 19.5 Å². The van der Waals surface area contributed by atoms with E-state index in [1.165, 1.54) is 22.4 Å². The number of likely N-dealkylation sites (N-methyl/N-ethyl adjacent to an activating group) is 1. The van der Waals surface area contributed by atoms with Crippen molar-refractivity contribution >= 4 is 0 Å². The van der Waals surface area contributed by atoms with E-state index >= 15 is 0 Å². The molecule has 0 aliphatic rings. The smallest absolute Gasteiger partial charge is 0.0556 e. The molecule has 0 fully saturated rings. The van der Waals surface area contributed by atoms with Crippen LogP contribution in [0.25, 0.3) is 0 Å². The second-order valence-electron chi connectivity index (χ2n) is 5.30. The predicted octanol–water partition coefficient (Wildman–Crippen LogP) is 3.41. The van der Waals surface area contributed by atoms with Crippen molar-refractivity contribution in [1.82, 2.24) is 15.1 Å². The van der Waals surface area contributed by atoms with Gasteiger partial charge in [-0.2, -0.15) is 5.10 Å². The quantitative estimate of drug-likeness (QED) is 0.872. The van der Waals surface area contributed by atoms with Gasteiger partial charge in [-0.05, 0) is 56.5 Å². The van der Waals surface area contributed by atoms with Gasteiger partial charge in [0.15, 0.2) is 0 Å². The summed E-state index contributed by atoms with van der Waals surface area (Å²) in [5.41, 5.74) is 5.37. The molecule has 2 rings (SSSR count). The molecule has 0 bridgehead atoms. The van der Waals surface area contributed by atoms with Gasteiger partial charge < -0.3 is 5.32 Å². The van der Waals surface area contributed by atoms with E-state index in [4.69, 9.17) is 0 Å². The molecule has 0 saturated carbocycles. The topological polar surface area (TPSA) is 29.9 Å². The molecular formula is C17H25N3. The molecule has 0 spiro atoms. The van der Waals surface area contributed by atoms with Gasteiger partial charge in [0.1, 0.15) is 0 Å². The maximum absolute atomic E-state index is 4.39. The maximum Gasteiger partial charge on any atom is 0.0556 e. The van der Waals surface area contributed by atoms with E-state index < -0.39 is 0 Å². The van der Waals surface area contributed by atoms with E-state index in [9.17, 15) is 0 Å². The lowest BCUT2D eigenvalue weighted by Crippen LogP contribution is -2.25. The number of aryl methyl sites for hydroxylation is 3. The van der Waals surface area contributed by atoms with Gasteiger partial charge in [0.05, 0.1) is 11.7 Å². The van der Waals surface area contributed by atoms with Gasteiger partial charge in [-0.15, -0.1) is 0 Å². The van der Waals surface area contributed by atoms with Gasteiger partial charge in [0.25, 0.3) is 0 Å². The molecular weight excluding hydrogens is 246 g/mol. The summed E-state index contributed by atoms with van der Waals surface area (Å²) in [7, 11) is 0. The van der Waals surface area contributed by atoms with Crippen molar-refractivity contribution in [2.75, 3.05) is 6.54 Å². The minimum absolute atomic E-state index is 0.324. The Bertz CT molecular complexity index is 557. The normalized spacial score (nSPS) is 12.6. The van der Waals surface area contributed by atoms with Gasteiger partial charge in [0.2, 0.25) is 0 Å². The fraction of sp³-hybridized carbons (Fsp3) is 0.471. The molecule has 0 aliphatic heterocycles. The molecule has 108 valence electrons. The number of hydrogen-bond acceptors (Lipinski definition) is 2. The predicted molar refractivity (Wildman–Crippen MR) is 83.9 cm³/mol. The molecule has 1 aromatic heterocycles. The molecule has 3 heteroatoms. The molecule has 1 heterocycles. The van der Waals surface area contributed by atoms with Crippen molar-refractivity contribution in [2.24, 2.45) is 0 Å². The van der Waals surface area contributed by atoms with Crippen LogP contribution in [0, 0.1) is 13.8 Å². The van der Waals surface area contributed by atoms with E-state index in [1.54, 1.807) is 0 Å². The average molecular weight is 271 g/mol. The van der Waals surface area contributed by atoms with Gasteiger partial charge in [0, 0.05) is 12.7 Å². The summed E-state index contributed by atoms with van der Waals surface area (Å²) >= 11 is 0. The zero-order valence-electron chi connectivity index (χ0n) is 13.0. The van der Waals surface area contributed by atoms with Crippen LogP contribution in [-0.4, -0.2) is 16.3 Å². The summed E-state index contributed by atoms with van der Waals surface area (Å²) in [6.07, 6.45) is 2.89. The minimum Gasteiger partial charge on any atom is -0.309 e. The fourth-order valence-corrected chi connectivity index (χ4v) is 2.60. The van der Waals surface area contributed by atoms with Gasteiger partial charge in [-0.1, -0.05) is 25.1 Å². The number of aromatic nitrogens is 2. The second-order valence-corrected chi connectivity index (χ2v) is 5.30. The first-order chi connectivity index (χ1) is 9.65. The number of benzene rings is 1. The third-order valence-electron chi connectivity index (χ3n) is 3.87. The summed E-state index contributed by atoms with van der Waals surface area (Å²) in [5, 5.41) is 7.97. The summed E-state index contributed by atoms with van der Waals surface area (Å²) in [5.74, 6) is 0. The first kappa shape index (κ1) is 14.8. The summed E-state index contributed by atoms with van der Waals surface area (Å²) in [6, 6.07) is 9.19. The summed E-state index contributed by atoms with van der Waals surface area (Å²) < 4.78 is 2.08. The van der Waals surface area contributed by atoms with E-state index in [0.29, 0.717) is 6.04 Å². The van der Waals surface area contributed by atoms with Crippen LogP contribution in [0.5, 0.6) is 0 Å². The average Bonchev–Trinajstić information content (AvgIpc) is 2.90. The van der Waals surface area contributed by atoms with Crippen molar-refractivity contribution in [1.29, 1.82) is 0 Å². The largest absolute Gasteiger partial charge is 0.309 e. The molecule has 1 atom stereocenters. The Morgan fingerprint density at radius 3 is 2.60 bits per heavy atom. The number of nitrogens with zero attached hydrogens (tertiary/aromatic N) is 2. The van der Waals surface area contributed by atoms with Crippen molar-refractivity contribution in [2.45, 2.75) is 46.7 Å². The summed E-state index contributed by atoms with van der Waals surface area (Å²) in [4.78, 5) is 0. The van der Waals surface area contributed by atoms with Crippen molar-refractivity contribution in [3.8, 4) is 0 Å². The Labute approximate surface area is 122 Å². The van der Waals surface area contributed by atoms with Crippen LogP contribution in [-0.2, 0) is 13.0 Å². The molecule has 1 unspecified atom stereocenters. The first-order valence-corrected chi connectivity index (χ1v) is 7.46. The van der Waals surface area contributed by atoms with Crippen LogP contribution in [0.2, 0.25) is 0 Å². The molecule has 3 nitrogen and oxygen atoms in total. The Morgan fingerprint density at radius 1 is 1.15 bits per heavy atom. The van der Waals surface area contributed by atoms with Gasteiger partial charge in [-0.25, -0.2) is 0 Å². The van der Waals surface area contributed by atoms with E-state index in [2.05, 4.69) is 67.1 Å². The van der Waals surface area contributed by atoms with Gasteiger partial charge >= 0.3 is 0 Å². The van der Waals surface area contributed by atoms with Crippen LogP contribution >= 0.6 is 0 Å². The molecule has 0 amide bonds. The molecule has 0 radical (unpaired) electrons. The lowest BCUT2D eigenvalue weighted by atomic mass is 9.99. The van der Waals surface area contributed by atoms with Crippen LogP contribution in [0.3, 0.4) is 0 Å². The highest BCUT2D eigenvalue weighted by molar-refractivity contribution is 5.31. The Morgan fingerprint density at radius 2 is 1.95 bits per heavy atom. The highest BCUT2D eigenvalue weighted by Gasteiger charge is 2.15. The van der Waals surface area contributed by atoms with E-state index in [-0.39, 0.29) is 0 Å². The van der Waals surface area contributed by atoms with E-state index in [1.807, 2.05) is 6.20 Å². The molecule has 20 heavy (non-hydrogen) atoms. The standard InChI is InChI=1S/C17H25N3/c1-5-18-16(17-9-10-19-20(17)6-2)12-15-8-7-13(3)14(4)11-15/h7-11,16,18H,5-6,12H2,1-4H3. The first-order valence-electron chi connectivity index (χ1n) is 7.46. The van der Waals surface area contributed by atoms with Crippen LogP contribution in [0.4, 0.5) is 0 Å². The zero-order valence-corrected chi connectivity index (χ0v) is 13.0. The van der Waals surface area contributed by atoms with Crippen molar-refractivity contribution < 1.29 is 0 Å². The lowest BCUT2D eigenvalue weighted by Gasteiger charge is -2.19. The molecule has 2 aromatic rings. The molecule has 0 aliphatic carbocycles. The molecule has 1 N–H and O–H groups in total. The SMILES string of the molecule is CCNC(Cc1ccc(C)c(C)c1)c1ccnn1CC. The van der Waals surface area contributed by atoms with Crippen LogP contribution in [0.1, 0.15) is 42.3 Å². The van der Waals surface area contributed by atoms with Crippen molar-refractivity contribution in [3.05, 3.63) is 52.8 Å². The van der Waals surface area contributed by atoms with Crippen LogP contribution in [0.15, 0.2) is 30.5 Å². The van der Waals surface area contributed by atoms with Crippen molar-refractivity contribution in [3.63, 3.8) is 0 Å². The fourth-order valence-electron chi connectivity index (χ4n) is 2.60. The maximum atomic E-state index is 4.39. The number of hydrogen-bond donors (Lipinski definition) is 1. The van der Waals surface area contributed by atoms with Crippen LogP contribution < -0.4 is 5.32 Å². The zero-order chi connectivity index (χ0) is 14.5. The van der Waals surface area contributed by atoms with Gasteiger partial charge in [-0.3, -0.25) is 4.68 Å². The number of nitrogens with one attached hydrogen (secondary N) is 1. The third-order valence-corrected chi connectivity index (χ3v) is 3.87. The molecule has 1 aromatic carbocycles. The highest BCUT2D eigenvalue weighted by atomic mass is 15.3. The Kier molecular flexibility index (Phi) is 4.96. The second kappa shape index (κ2) is 6.71. The number of rotatable bonds is 6. The molecule has 0 saturated heterocycles.